The first kappa shape index (κ1) is 13.5. The number of nitrogens with zero attached hydrogens (tertiary/aromatic N) is 5. The molecule has 1 unspecified atom stereocenters. The van der Waals surface area contributed by atoms with E-state index in [1.807, 2.05) is 55.1 Å². The third kappa shape index (κ3) is 2.57. The maximum atomic E-state index is 10.6. The second kappa shape index (κ2) is 5.49. The van der Waals surface area contributed by atoms with Gasteiger partial charge in [-0.2, -0.15) is 5.10 Å². The number of rotatable bonds is 4. The molecule has 0 spiro atoms. The summed E-state index contributed by atoms with van der Waals surface area (Å²) >= 11 is 0. The number of aliphatic hydroxyl groups excluding tert-OH is 1. The lowest BCUT2D eigenvalue weighted by Gasteiger charge is -2.11. The summed E-state index contributed by atoms with van der Waals surface area (Å²) in [5.41, 5.74) is 2.20. The smallest absolute Gasteiger partial charge is 0.126 e. The van der Waals surface area contributed by atoms with Crippen molar-refractivity contribution in [1.29, 1.82) is 0 Å². The molecule has 21 heavy (non-hydrogen) atoms. The van der Waals surface area contributed by atoms with Gasteiger partial charge in [0.25, 0.3) is 0 Å². The van der Waals surface area contributed by atoms with Gasteiger partial charge in [0.1, 0.15) is 6.10 Å². The van der Waals surface area contributed by atoms with E-state index in [1.165, 1.54) is 0 Å². The van der Waals surface area contributed by atoms with Gasteiger partial charge in [0, 0.05) is 17.8 Å². The summed E-state index contributed by atoms with van der Waals surface area (Å²) in [6.07, 6.45) is 4.28. The maximum absolute atomic E-state index is 10.6. The molecule has 0 radical (unpaired) electrons. The Morgan fingerprint density at radius 2 is 1.86 bits per heavy atom. The second-order valence-electron chi connectivity index (χ2n) is 5.16. The summed E-state index contributed by atoms with van der Waals surface area (Å²) < 4.78 is 3.45. The van der Waals surface area contributed by atoms with Crippen molar-refractivity contribution >= 4 is 0 Å². The molecule has 108 valence electrons. The van der Waals surface area contributed by atoms with E-state index in [0.717, 1.165) is 11.3 Å². The highest BCUT2D eigenvalue weighted by Crippen LogP contribution is 2.23. The Morgan fingerprint density at radius 1 is 1.10 bits per heavy atom. The van der Waals surface area contributed by atoms with Crippen LogP contribution in [0.3, 0.4) is 0 Å². The molecule has 0 saturated carbocycles. The lowest BCUT2D eigenvalue weighted by Crippen LogP contribution is -2.08. The third-order valence-electron chi connectivity index (χ3n) is 3.32. The molecule has 1 aromatic carbocycles. The van der Waals surface area contributed by atoms with E-state index < -0.39 is 6.10 Å². The SMILES string of the molecule is CC(C)n1cc(C(O)c2cnnn2-c2ccccc2)cn1. The van der Waals surface area contributed by atoms with Crippen molar-refractivity contribution in [3.63, 3.8) is 0 Å². The van der Waals surface area contributed by atoms with Gasteiger partial charge < -0.3 is 5.11 Å². The maximum Gasteiger partial charge on any atom is 0.126 e. The highest BCUT2D eigenvalue weighted by atomic mass is 16.3. The second-order valence-corrected chi connectivity index (χ2v) is 5.16. The summed E-state index contributed by atoms with van der Waals surface area (Å²) in [5, 5.41) is 22.8. The minimum Gasteiger partial charge on any atom is -0.382 e. The Labute approximate surface area is 122 Å². The largest absolute Gasteiger partial charge is 0.382 e. The van der Waals surface area contributed by atoms with Crippen LogP contribution in [-0.4, -0.2) is 29.9 Å². The molecule has 1 N–H and O–H groups in total. The van der Waals surface area contributed by atoms with Gasteiger partial charge in [-0.15, -0.1) is 5.10 Å². The fraction of sp³-hybridized carbons (Fsp3) is 0.267. The first-order valence-electron chi connectivity index (χ1n) is 6.85. The molecule has 0 aliphatic rings. The molecular formula is C15H17N5O. The van der Waals surface area contributed by atoms with Crippen LogP contribution in [-0.2, 0) is 0 Å². The lowest BCUT2D eigenvalue weighted by molar-refractivity contribution is 0.212. The monoisotopic (exact) mass is 283 g/mol. The van der Waals surface area contributed by atoms with Crippen molar-refractivity contribution < 1.29 is 5.11 Å². The molecule has 0 fully saturated rings. The zero-order valence-corrected chi connectivity index (χ0v) is 12.0. The van der Waals surface area contributed by atoms with Gasteiger partial charge in [-0.3, -0.25) is 4.68 Å². The topological polar surface area (TPSA) is 68.8 Å². The molecule has 6 heteroatoms. The Bertz CT molecular complexity index is 717. The zero-order chi connectivity index (χ0) is 14.8. The van der Waals surface area contributed by atoms with Crippen LogP contribution in [0.2, 0.25) is 0 Å². The highest BCUT2D eigenvalue weighted by molar-refractivity contribution is 5.33. The molecule has 2 heterocycles. The van der Waals surface area contributed by atoms with Gasteiger partial charge in [-0.25, -0.2) is 4.68 Å². The molecule has 6 nitrogen and oxygen atoms in total. The van der Waals surface area contributed by atoms with Crippen molar-refractivity contribution in [3.8, 4) is 5.69 Å². The van der Waals surface area contributed by atoms with E-state index in [-0.39, 0.29) is 6.04 Å². The van der Waals surface area contributed by atoms with E-state index in [1.54, 1.807) is 17.1 Å². The number of hydrogen-bond acceptors (Lipinski definition) is 4. The Kier molecular flexibility index (Phi) is 3.53. The van der Waals surface area contributed by atoms with Crippen LogP contribution >= 0.6 is 0 Å². The van der Waals surface area contributed by atoms with Crippen LogP contribution in [0.25, 0.3) is 5.69 Å². The van der Waals surface area contributed by atoms with E-state index in [4.69, 9.17) is 0 Å². The molecule has 2 aromatic heterocycles. The van der Waals surface area contributed by atoms with E-state index >= 15 is 0 Å². The van der Waals surface area contributed by atoms with Crippen molar-refractivity contribution in [2.75, 3.05) is 0 Å². The van der Waals surface area contributed by atoms with Crippen LogP contribution in [0.1, 0.15) is 37.3 Å². The van der Waals surface area contributed by atoms with Crippen molar-refractivity contribution in [2.45, 2.75) is 26.0 Å². The average molecular weight is 283 g/mol. The molecule has 3 aromatic rings. The Balaban J connectivity index is 1.95. The van der Waals surface area contributed by atoms with E-state index in [2.05, 4.69) is 15.4 Å². The molecule has 0 amide bonds. The Hall–Kier alpha value is -2.47. The average Bonchev–Trinajstić information content (AvgIpc) is 3.17. The number of hydrogen-bond donors (Lipinski definition) is 1. The fourth-order valence-corrected chi connectivity index (χ4v) is 2.15. The van der Waals surface area contributed by atoms with Crippen molar-refractivity contribution in [3.05, 3.63) is 60.2 Å². The molecule has 0 aliphatic heterocycles. The van der Waals surface area contributed by atoms with E-state index in [0.29, 0.717) is 5.69 Å². The molecule has 0 saturated heterocycles. The molecule has 0 aliphatic carbocycles. The fourth-order valence-electron chi connectivity index (χ4n) is 2.15. The quantitative estimate of drug-likeness (QED) is 0.796. The van der Waals surface area contributed by atoms with Gasteiger partial charge in [0.2, 0.25) is 0 Å². The van der Waals surface area contributed by atoms with Gasteiger partial charge in [0.05, 0.1) is 23.8 Å². The van der Waals surface area contributed by atoms with Gasteiger partial charge in [0.15, 0.2) is 0 Å². The summed E-state index contributed by atoms with van der Waals surface area (Å²) in [6, 6.07) is 9.87. The van der Waals surface area contributed by atoms with E-state index in [9.17, 15) is 5.11 Å². The first-order valence-corrected chi connectivity index (χ1v) is 6.85. The van der Waals surface area contributed by atoms with Gasteiger partial charge in [-0.05, 0) is 26.0 Å². The van der Waals surface area contributed by atoms with Crippen LogP contribution in [0.5, 0.6) is 0 Å². The van der Waals surface area contributed by atoms with Crippen molar-refractivity contribution in [2.24, 2.45) is 0 Å². The van der Waals surface area contributed by atoms with Gasteiger partial charge >= 0.3 is 0 Å². The van der Waals surface area contributed by atoms with Crippen LogP contribution in [0.15, 0.2) is 48.9 Å². The third-order valence-corrected chi connectivity index (χ3v) is 3.32. The number of aromatic nitrogens is 5. The highest BCUT2D eigenvalue weighted by Gasteiger charge is 2.19. The molecule has 1 atom stereocenters. The minimum absolute atomic E-state index is 0.253. The number of aliphatic hydroxyl groups is 1. The summed E-state index contributed by atoms with van der Waals surface area (Å²) in [6.45, 7) is 4.08. The predicted octanol–water partition coefficient (Wildman–Crippen LogP) is 2.13. The van der Waals surface area contributed by atoms with Crippen molar-refractivity contribution in [1.82, 2.24) is 24.8 Å². The predicted molar refractivity (Wildman–Crippen MR) is 78.0 cm³/mol. The number of para-hydroxylation sites is 1. The lowest BCUT2D eigenvalue weighted by atomic mass is 10.1. The van der Waals surface area contributed by atoms with Crippen LogP contribution < -0.4 is 0 Å². The summed E-state index contributed by atoms with van der Waals surface area (Å²) in [7, 11) is 0. The first-order chi connectivity index (χ1) is 10.2. The standard InChI is InChI=1S/C15H17N5O/c1-11(2)19-10-12(8-17-19)15(21)14-9-16-18-20(14)13-6-4-3-5-7-13/h3-11,15,21H,1-2H3. The van der Waals surface area contributed by atoms with Crippen LogP contribution in [0, 0.1) is 0 Å². The molecule has 0 bridgehead atoms. The Morgan fingerprint density at radius 3 is 2.52 bits per heavy atom. The number of benzene rings is 1. The van der Waals surface area contributed by atoms with Crippen LogP contribution in [0.4, 0.5) is 0 Å². The summed E-state index contributed by atoms with van der Waals surface area (Å²) in [5.74, 6) is 0. The minimum atomic E-state index is -0.812. The normalized spacial score (nSPS) is 12.8. The zero-order valence-electron chi connectivity index (χ0n) is 12.0. The molecular weight excluding hydrogens is 266 g/mol. The molecule has 3 rings (SSSR count). The van der Waals surface area contributed by atoms with Gasteiger partial charge in [-0.1, -0.05) is 23.4 Å². The summed E-state index contributed by atoms with van der Waals surface area (Å²) in [4.78, 5) is 0.